The Morgan fingerprint density at radius 3 is 2.55 bits per heavy atom. The second-order valence-corrected chi connectivity index (χ2v) is 3.60. The van der Waals surface area contributed by atoms with Gasteiger partial charge < -0.3 is 0 Å². The van der Waals surface area contributed by atoms with E-state index in [1.54, 1.807) is 0 Å². The molecule has 4 nitrogen and oxygen atoms in total. The van der Waals surface area contributed by atoms with Crippen molar-refractivity contribution in [2.45, 2.75) is 4.90 Å². The lowest BCUT2D eigenvalue weighted by molar-refractivity contribution is 0.483. The average molecular weight is 194 g/mol. The molecule has 0 aromatic carbocycles. The minimum absolute atomic E-state index is 0.0279. The average Bonchev–Trinajstić information content (AvgIpc) is 1.86. The van der Waals surface area contributed by atoms with Gasteiger partial charge in [0.05, 0.1) is 4.90 Å². The summed E-state index contributed by atoms with van der Waals surface area (Å²) >= 11 is 5.36. The highest BCUT2D eigenvalue weighted by Gasteiger charge is 2.08. The lowest BCUT2D eigenvalue weighted by atomic mass is 10.5. The zero-order chi connectivity index (χ0) is 8.48. The van der Waals surface area contributed by atoms with E-state index < -0.39 is 10.1 Å². The molecule has 0 aliphatic heterocycles. The van der Waals surface area contributed by atoms with E-state index in [4.69, 9.17) is 16.2 Å². The number of hydrogen-bond donors (Lipinski definition) is 1. The molecule has 0 aliphatic carbocycles. The Balaban J connectivity index is 3.28. The van der Waals surface area contributed by atoms with Crippen molar-refractivity contribution in [3.8, 4) is 0 Å². The third-order valence-electron chi connectivity index (χ3n) is 0.996. The highest BCUT2D eigenvalue weighted by Crippen LogP contribution is 2.11. The molecule has 1 heterocycles. The summed E-state index contributed by atoms with van der Waals surface area (Å²) in [6.07, 6.45) is 1.20. The van der Waals surface area contributed by atoms with Gasteiger partial charge in [-0.25, -0.2) is 4.98 Å². The second kappa shape index (κ2) is 2.77. The summed E-state index contributed by atoms with van der Waals surface area (Å²) in [7, 11) is -4.15. The van der Waals surface area contributed by atoms with Gasteiger partial charge in [-0.3, -0.25) is 4.55 Å². The molecule has 1 aromatic heterocycles. The van der Waals surface area contributed by atoms with Gasteiger partial charge in [0, 0.05) is 6.20 Å². The maximum absolute atomic E-state index is 10.5. The molecule has 0 saturated carbocycles. The zero-order valence-electron chi connectivity index (χ0n) is 5.23. The fraction of sp³-hybridized carbons (Fsp3) is 0. The quantitative estimate of drug-likeness (QED) is 0.533. The first kappa shape index (κ1) is 8.45. The monoisotopic (exact) mass is 193 g/mol. The van der Waals surface area contributed by atoms with Crippen molar-refractivity contribution in [3.05, 3.63) is 23.5 Å². The van der Waals surface area contributed by atoms with Crippen molar-refractivity contribution in [2.75, 3.05) is 0 Å². The molecule has 11 heavy (non-hydrogen) atoms. The van der Waals surface area contributed by atoms with Gasteiger partial charge in [0.25, 0.3) is 10.1 Å². The van der Waals surface area contributed by atoms with Crippen molar-refractivity contribution >= 4 is 21.7 Å². The molecule has 6 heteroatoms. The van der Waals surface area contributed by atoms with Crippen LogP contribution in [0.4, 0.5) is 0 Å². The van der Waals surface area contributed by atoms with Crippen LogP contribution in [0, 0.1) is 0 Å². The highest BCUT2D eigenvalue weighted by atomic mass is 35.5. The van der Waals surface area contributed by atoms with Gasteiger partial charge in [0.2, 0.25) is 0 Å². The van der Waals surface area contributed by atoms with E-state index in [0.717, 1.165) is 12.1 Å². The molecule has 0 spiro atoms. The van der Waals surface area contributed by atoms with Crippen LogP contribution in [0.1, 0.15) is 0 Å². The molecule has 1 aromatic rings. The van der Waals surface area contributed by atoms with Crippen molar-refractivity contribution in [1.29, 1.82) is 0 Å². The number of rotatable bonds is 1. The highest BCUT2D eigenvalue weighted by molar-refractivity contribution is 7.85. The molecule has 60 valence electrons. The summed E-state index contributed by atoms with van der Waals surface area (Å²) < 4.78 is 29.4. The number of hydrogen-bond acceptors (Lipinski definition) is 3. The maximum atomic E-state index is 10.5. The lowest BCUT2D eigenvalue weighted by Crippen LogP contribution is -1.97. The Morgan fingerprint density at radius 1 is 1.55 bits per heavy atom. The van der Waals surface area contributed by atoms with Gasteiger partial charge in [-0.2, -0.15) is 8.42 Å². The van der Waals surface area contributed by atoms with Crippen LogP contribution in [0.3, 0.4) is 0 Å². The van der Waals surface area contributed by atoms with E-state index in [2.05, 4.69) is 4.98 Å². The van der Waals surface area contributed by atoms with Crippen molar-refractivity contribution < 1.29 is 13.0 Å². The molecule has 0 radical (unpaired) electrons. The zero-order valence-corrected chi connectivity index (χ0v) is 6.80. The molecular formula is C5H4ClNO3S. The van der Waals surface area contributed by atoms with E-state index in [0.29, 0.717) is 0 Å². The summed E-state index contributed by atoms with van der Waals surface area (Å²) in [5, 5.41) is 0.0279. The molecule has 0 bridgehead atoms. The van der Waals surface area contributed by atoms with Gasteiger partial charge in [0.15, 0.2) is 0 Å². The Morgan fingerprint density at radius 2 is 2.18 bits per heavy atom. The molecule has 1 rings (SSSR count). The third-order valence-corrected chi connectivity index (χ3v) is 2.05. The van der Waals surface area contributed by atoms with Crippen molar-refractivity contribution in [2.24, 2.45) is 0 Å². The smallest absolute Gasteiger partial charge is 0.282 e. The molecule has 0 unspecified atom stereocenters. The van der Waals surface area contributed by atoms with Crippen LogP contribution in [0.5, 0.6) is 0 Å². The summed E-state index contributed by atoms with van der Waals surface area (Å²) in [6, 6.07) is 2.22. The number of pyridine rings is 1. The Labute approximate surface area is 68.6 Å². The van der Waals surface area contributed by atoms with Crippen LogP contribution in [0.25, 0.3) is 0 Å². The van der Waals surface area contributed by atoms with Crippen LogP contribution >= 0.6 is 11.6 Å². The maximum Gasteiger partial charge on any atom is 0.294 e. The number of aromatic nitrogens is 1. The molecule has 0 fully saturated rings. The van der Waals surface area contributed by atoms with Crippen molar-refractivity contribution in [1.82, 2.24) is 4.98 Å². The summed E-state index contributed by atoms with van der Waals surface area (Å²) in [6.45, 7) is 0. The second-order valence-electron chi connectivity index (χ2n) is 1.79. The van der Waals surface area contributed by atoms with Gasteiger partial charge >= 0.3 is 0 Å². The fourth-order valence-corrected chi connectivity index (χ4v) is 1.28. The first-order valence-corrected chi connectivity index (χ1v) is 4.41. The van der Waals surface area contributed by atoms with Crippen molar-refractivity contribution in [3.63, 3.8) is 0 Å². The van der Waals surface area contributed by atoms with E-state index in [1.807, 2.05) is 0 Å². The van der Waals surface area contributed by atoms with Crippen LogP contribution in [0.15, 0.2) is 23.2 Å². The normalized spacial score (nSPS) is 11.5. The summed E-state index contributed by atoms with van der Waals surface area (Å²) in [4.78, 5) is 3.29. The lowest BCUT2D eigenvalue weighted by Gasteiger charge is -1.94. The Bertz CT molecular complexity index is 362. The Kier molecular flexibility index (Phi) is 2.12. The van der Waals surface area contributed by atoms with Gasteiger partial charge in [-0.05, 0) is 12.1 Å². The van der Waals surface area contributed by atoms with E-state index in [1.165, 1.54) is 6.20 Å². The summed E-state index contributed by atoms with van der Waals surface area (Å²) in [5.74, 6) is 0. The molecular weight excluding hydrogens is 190 g/mol. The van der Waals surface area contributed by atoms with Crippen LogP contribution in [-0.2, 0) is 10.1 Å². The topological polar surface area (TPSA) is 67.3 Å². The van der Waals surface area contributed by atoms with E-state index in [9.17, 15) is 8.42 Å². The summed E-state index contributed by atoms with van der Waals surface area (Å²) in [5.41, 5.74) is 0. The Hall–Kier alpha value is -0.650. The van der Waals surface area contributed by atoms with Crippen LogP contribution in [0.2, 0.25) is 5.15 Å². The molecule has 0 atom stereocenters. The molecule has 0 saturated heterocycles. The van der Waals surface area contributed by atoms with E-state index in [-0.39, 0.29) is 10.0 Å². The third kappa shape index (κ3) is 2.14. The number of halogens is 1. The predicted octanol–water partition coefficient (Wildman–Crippen LogP) is 0.982. The van der Waals surface area contributed by atoms with Gasteiger partial charge in [0.1, 0.15) is 5.15 Å². The first-order chi connectivity index (χ1) is 5.00. The SMILES string of the molecule is O=S(=O)(O)c1ccnc(Cl)c1. The van der Waals surface area contributed by atoms with Crippen LogP contribution in [-0.4, -0.2) is 18.0 Å². The minimum Gasteiger partial charge on any atom is -0.282 e. The minimum atomic E-state index is -4.15. The fourth-order valence-electron chi connectivity index (χ4n) is 0.545. The van der Waals surface area contributed by atoms with Crippen LogP contribution < -0.4 is 0 Å². The van der Waals surface area contributed by atoms with Gasteiger partial charge in [-0.1, -0.05) is 11.6 Å². The largest absolute Gasteiger partial charge is 0.294 e. The molecule has 1 N–H and O–H groups in total. The number of nitrogens with zero attached hydrogens (tertiary/aromatic N) is 1. The van der Waals surface area contributed by atoms with Gasteiger partial charge in [-0.15, -0.1) is 0 Å². The first-order valence-electron chi connectivity index (χ1n) is 2.59. The standard InChI is InChI=1S/C5H4ClNO3S/c6-5-3-4(1-2-7-5)11(8,9)10/h1-3H,(H,8,9,10). The predicted molar refractivity (Wildman–Crippen MR) is 39.1 cm³/mol. The molecule has 0 amide bonds. The molecule has 0 aliphatic rings. The van der Waals surface area contributed by atoms with E-state index >= 15 is 0 Å².